The molecule has 7 nitrogen and oxygen atoms in total. The summed E-state index contributed by atoms with van der Waals surface area (Å²) < 4.78 is 26.7. The molecule has 0 aliphatic heterocycles. The van der Waals surface area contributed by atoms with Crippen molar-refractivity contribution in [2.75, 3.05) is 21.3 Å². The molecule has 0 aliphatic rings. The molecular weight excluding hydrogens is 424 g/mol. The fraction of sp³-hybridized carbons (Fsp3) is 0.154. The van der Waals surface area contributed by atoms with Crippen LogP contribution in [0.5, 0.6) is 23.0 Å². The molecule has 0 unspecified atom stereocenters. The third-order valence-corrected chi connectivity index (χ3v) is 5.14. The van der Waals surface area contributed by atoms with E-state index in [4.69, 9.17) is 23.4 Å². The first-order valence-electron chi connectivity index (χ1n) is 10.1. The van der Waals surface area contributed by atoms with Gasteiger partial charge in [-0.1, -0.05) is 12.1 Å². The van der Waals surface area contributed by atoms with Gasteiger partial charge in [0.05, 0.1) is 33.3 Å². The fourth-order valence-electron chi connectivity index (χ4n) is 3.44. The van der Waals surface area contributed by atoms with E-state index in [2.05, 4.69) is 0 Å². The molecule has 0 amide bonds. The summed E-state index contributed by atoms with van der Waals surface area (Å²) in [5, 5.41) is 0.671. The predicted molar refractivity (Wildman–Crippen MR) is 123 cm³/mol. The van der Waals surface area contributed by atoms with Gasteiger partial charge in [-0.15, -0.1) is 0 Å². The molecule has 33 heavy (non-hydrogen) atoms. The molecule has 0 spiro atoms. The van der Waals surface area contributed by atoms with Gasteiger partial charge in [-0.3, -0.25) is 4.79 Å². The molecule has 0 radical (unpaired) electrons. The average molecular weight is 446 g/mol. The van der Waals surface area contributed by atoms with E-state index in [0.29, 0.717) is 39.3 Å². The molecule has 3 aromatic carbocycles. The maximum Gasteiger partial charge on any atom is 0.344 e. The highest BCUT2D eigenvalue weighted by atomic mass is 16.5. The van der Waals surface area contributed by atoms with Crippen molar-refractivity contribution < 1.29 is 28.2 Å². The first kappa shape index (κ1) is 22.0. The Morgan fingerprint density at radius 1 is 0.758 bits per heavy atom. The Morgan fingerprint density at radius 3 is 2.15 bits per heavy atom. The number of hydrogen-bond acceptors (Lipinski definition) is 7. The van der Waals surface area contributed by atoms with Crippen LogP contribution in [-0.2, 0) is 11.2 Å². The van der Waals surface area contributed by atoms with Crippen LogP contribution in [-0.4, -0.2) is 27.3 Å². The Balaban J connectivity index is 1.59. The molecule has 0 aliphatic carbocycles. The number of hydrogen-bond donors (Lipinski definition) is 0. The second kappa shape index (κ2) is 9.48. The topological polar surface area (TPSA) is 84.2 Å². The standard InChI is InChI=1S/C26H22O7/c1-29-18-7-4-16(5-8-18)12-25(27)32-20-9-6-17-13-22(26(28)33-24(17)15-20)21-14-19(30-2)10-11-23(21)31-3/h4-11,13-15H,12H2,1-3H3. The first-order chi connectivity index (χ1) is 16.0. The average Bonchev–Trinajstić information content (AvgIpc) is 2.83. The number of ether oxygens (including phenoxy) is 4. The number of carbonyl (C=O) groups is 1. The molecule has 0 N–H and O–H groups in total. The second-order valence-electron chi connectivity index (χ2n) is 7.21. The van der Waals surface area contributed by atoms with Crippen LogP contribution in [0.15, 0.2) is 75.9 Å². The van der Waals surface area contributed by atoms with Crippen LogP contribution >= 0.6 is 0 Å². The second-order valence-corrected chi connectivity index (χ2v) is 7.21. The summed E-state index contributed by atoms with van der Waals surface area (Å²) >= 11 is 0. The van der Waals surface area contributed by atoms with Crippen LogP contribution in [0.25, 0.3) is 22.1 Å². The van der Waals surface area contributed by atoms with E-state index in [0.717, 1.165) is 5.56 Å². The Labute approximate surface area is 190 Å². The summed E-state index contributed by atoms with van der Waals surface area (Å²) in [5.41, 5.74) is 1.45. The molecule has 1 aromatic heterocycles. The molecule has 0 fully saturated rings. The zero-order chi connectivity index (χ0) is 23.4. The maximum atomic E-state index is 12.7. The molecule has 4 rings (SSSR count). The van der Waals surface area contributed by atoms with Gasteiger partial charge in [-0.25, -0.2) is 4.79 Å². The summed E-state index contributed by atoms with van der Waals surface area (Å²) in [6.07, 6.45) is 0.0978. The minimum atomic E-state index is -0.546. The number of esters is 1. The van der Waals surface area contributed by atoms with Crippen molar-refractivity contribution in [2.45, 2.75) is 6.42 Å². The van der Waals surface area contributed by atoms with Gasteiger partial charge in [0.2, 0.25) is 0 Å². The summed E-state index contributed by atoms with van der Waals surface area (Å²) in [6.45, 7) is 0. The minimum Gasteiger partial charge on any atom is -0.497 e. The van der Waals surface area contributed by atoms with E-state index in [9.17, 15) is 9.59 Å². The van der Waals surface area contributed by atoms with E-state index >= 15 is 0 Å². The van der Waals surface area contributed by atoms with Gasteiger partial charge in [-0.05, 0) is 54.1 Å². The molecule has 0 saturated carbocycles. The fourth-order valence-corrected chi connectivity index (χ4v) is 3.44. The minimum absolute atomic E-state index is 0.0978. The smallest absolute Gasteiger partial charge is 0.344 e. The molecule has 0 bridgehead atoms. The summed E-state index contributed by atoms with van der Waals surface area (Å²) in [5.74, 6) is 1.68. The Hall–Kier alpha value is -4.26. The number of rotatable bonds is 7. The van der Waals surface area contributed by atoms with Crippen molar-refractivity contribution in [1.82, 2.24) is 0 Å². The summed E-state index contributed by atoms with van der Waals surface area (Å²) in [7, 11) is 4.66. The Morgan fingerprint density at radius 2 is 1.45 bits per heavy atom. The van der Waals surface area contributed by atoms with E-state index in [1.807, 2.05) is 0 Å². The monoisotopic (exact) mass is 446 g/mol. The normalized spacial score (nSPS) is 10.6. The van der Waals surface area contributed by atoms with E-state index in [1.165, 1.54) is 13.2 Å². The zero-order valence-corrected chi connectivity index (χ0v) is 18.4. The van der Waals surface area contributed by atoms with Gasteiger partial charge in [0, 0.05) is 17.0 Å². The highest BCUT2D eigenvalue weighted by Crippen LogP contribution is 2.33. The van der Waals surface area contributed by atoms with Gasteiger partial charge >= 0.3 is 11.6 Å². The molecular formula is C26H22O7. The lowest BCUT2D eigenvalue weighted by Gasteiger charge is -2.11. The molecule has 7 heteroatoms. The third kappa shape index (κ3) is 4.82. The van der Waals surface area contributed by atoms with Crippen LogP contribution in [0.1, 0.15) is 5.56 Å². The largest absolute Gasteiger partial charge is 0.497 e. The molecule has 1 heterocycles. The van der Waals surface area contributed by atoms with Gasteiger partial charge in [0.25, 0.3) is 0 Å². The quantitative estimate of drug-likeness (QED) is 0.232. The van der Waals surface area contributed by atoms with Crippen LogP contribution in [0.4, 0.5) is 0 Å². The third-order valence-electron chi connectivity index (χ3n) is 5.14. The van der Waals surface area contributed by atoms with E-state index < -0.39 is 11.6 Å². The van der Waals surface area contributed by atoms with Crippen molar-refractivity contribution in [3.63, 3.8) is 0 Å². The van der Waals surface area contributed by atoms with Gasteiger partial charge in [0.1, 0.15) is 28.6 Å². The van der Waals surface area contributed by atoms with E-state index in [-0.39, 0.29) is 12.2 Å². The van der Waals surface area contributed by atoms with Gasteiger partial charge in [-0.2, -0.15) is 0 Å². The van der Waals surface area contributed by atoms with Gasteiger partial charge in [0.15, 0.2) is 0 Å². The lowest BCUT2D eigenvalue weighted by atomic mass is 10.0. The number of fused-ring (bicyclic) bond motifs is 1. The zero-order valence-electron chi connectivity index (χ0n) is 18.4. The Bertz CT molecular complexity index is 1350. The molecule has 168 valence electrons. The van der Waals surface area contributed by atoms with Crippen molar-refractivity contribution in [3.05, 3.63) is 82.7 Å². The maximum absolute atomic E-state index is 12.7. The van der Waals surface area contributed by atoms with Crippen molar-refractivity contribution in [1.29, 1.82) is 0 Å². The van der Waals surface area contributed by atoms with E-state index in [1.54, 1.807) is 74.9 Å². The SMILES string of the molecule is COc1ccc(CC(=O)Oc2ccc3cc(-c4cc(OC)ccc4OC)c(=O)oc3c2)cc1. The Kier molecular flexibility index (Phi) is 6.31. The highest BCUT2D eigenvalue weighted by molar-refractivity contribution is 5.85. The molecule has 0 saturated heterocycles. The molecule has 4 aromatic rings. The lowest BCUT2D eigenvalue weighted by molar-refractivity contribution is -0.133. The highest BCUT2D eigenvalue weighted by Gasteiger charge is 2.15. The number of methoxy groups -OCH3 is 3. The summed E-state index contributed by atoms with van der Waals surface area (Å²) in [6, 6.07) is 19.0. The van der Waals surface area contributed by atoms with Crippen LogP contribution in [0, 0.1) is 0 Å². The van der Waals surface area contributed by atoms with Crippen molar-refractivity contribution in [3.8, 4) is 34.1 Å². The lowest BCUT2D eigenvalue weighted by Crippen LogP contribution is -2.11. The van der Waals surface area contributed by atoms with Crippen molar-refractivity contribution in [2.24, 2.45) is 0 Å². The van der Waals surface area contributed by atoms with Crippen LogP contribution in [0.2, 0.25) is 0 Å². The number of carbonyl (C=O) groups excluding carboxylic acids is 1. The number of benzene rings is 3. The summed E-state index contributed by atoms with van der Waals surface area (Å²) in [4.78, 5) is 25.1. The predicted octanol–water partition coefficient (Wildman–Crippen LogP) is 4.63. The van der Waals surface area contributed by atoms with Gasteiger partial charge < -0.3 is 23.4 Å². The van der Waals surface area contributed by atoms with Crippen LogP contribution in [0.3, 0.4) is 0 Å². The van der Waals surface area contributed by atoms with Crippen molar-refractivity contribution >= 4 is 16.9 Å². The molecule has 0 atom stereocenters. The first-order valence-corrected chi connectivity index (χ1v) is 10.1. The van der Waals surface area contributed by atoms with Crippen LogP contribution < -0.4 is 24.6 Å².